The molecule has 2 rings (SSSR count). The van der Waals surface area contributed by atoms with Crippen LogP contribution < -0.4 is 4.90 Å². The van der Waals surface area contributed by atoms with Crippen molar-refractivity contribution in [3.63, 3.8) is 0 Å². The van der Waals surface area contributed by atoms with Crippen LogP contribution in [0.15, 0.2) is 12.3 Å². The Bertz CT molecular complexity index is 818. The summed E-state index contributed by atoms with van der Waals surface area (Å²) in [6, 6.07) is 0. The van der Waals surface area contributed by atoms with Crippen LogP contribution in [0.2, 0.25) is 0 Å². The van der Waals surface area contributed by atoms with Crippen LogP contribution >= 0.6 is 0 Å². The minimum Gasteiger partial charge on any atom is -0.466 e. The Labute approximate surface area is 161 Å². The van der Waals surface area contributed by atoms with E-state index in [9.17, 15) is 19.2 Å². The van der Waals surface area contributed by atoms with Gasteiger partial charge in [-0.15, -0.1) is 0 Å². The number of methoxy groups -OCH3 is 4. The van der Waals surface area contributed by atoms with E-state index in [0.29, 0.717) is 13.1 Å². The van der Waals surface area contributed by atoms with Crippen LogP contribution in [0.25, 0.3) is 5.70 Å². The summed E-state index contributed by atoms with van der Waals surface area (Å²) in [7, 11) is 4.65. The maximum atomic E-state index is 12.5. The minimum absolute atomic E-state index is 0.0593. The molecule has 152 valence electrons. The van der Waals surface area contributed by atoms with E-state index < -0.39 is 23.9 Å². The number of ether oxygens (including phenoxy) is 4. The Kier molecular flexibility index (Phi) is 6.80. The first-order valence-electron chi connectivity index (χ1n) is 8.44. The van der Waals surface area contributed by atoms with Gasteiger partial charge in [0.05, 0.1) is 40.1 Å². The zero-order valence-electron chi connectivity index (χ0n) is 16.1. The van der Waals surface area contributed by atoms with Crippen molar-refractivity contribution < 1.29 is 38.1 Å². The van der Waals surface area contributed by atoms with Gasteiger partial charge >= 0.3 is 23.9 Å². The zero-order valence-corrected chi connectivity index (χ0v) is 16.1. The van der Waals surface area contributed by atoms with Gasteiger partial charge < -0.3 is 23.8 Å². The first-order valence-corrected chi connectivity index (χ1v) is 8.44. The highest BCUT2D eigenvalue weighted by Gasteiger charge is 2.34. The lowest BCUT2D eigenvalue weighted by Gasteiger charge is -2.22. The SMILES string of the molecule is COC(=O)/C=C(/C(=O)OC)n1cc(C(=O)OC)c(C(=O)OC)c1N1CCCC1. The maximum absolute atomic E-state index is 12.5. The zero-order chi connectivity index (χ0) is 20.8. The van der Waals surface area contributed by atoms with Gasteiger partial charge in [-0.2, -0.15) is 0 Å². The molecule has 0 unspecified atom stereocenters. The molecule has 1 fully saturated rings. The second-order valence-electron chi connectivity index (χ2n) is 5.83. The molecule has 1 saturated heterocycles. The lowest BCUT2D eigenvalue weighted by atomic mass is 10.2. The molecule has 28 heavy (non-hydrogen) atoms. The third-order valence-electron chi connectivity index (χ3n) is 4.29. The van der Waals surface area contributed by atoms with Gasteiger partial charge in [-0.1, -0.05) is 0 Å². The van der Waals surface area contributed by atoms with E-state index in [-0.39, 0.29) is 22.6 Å². The minimum atomic E-state index is -0.853. The second kappa shape index (κ2) is 9.07. The molecule has 0 atom stereocenters. The lowest BCUT2D eigenvalue weighted by Crippen LogP contribution is -2.25. The predicted molar refractivity (Wildman–Crippen MR) is 96.9 cm³/mol. The molecule has 10 heteroatoms. The van der Waals surface area contributed by atoms with Crippen LogP contribution in [-0.4, -0.2) is 70.0 Å². The molecule has 0 bridgehead atoms. The number of rotatable bonds is 6. The smallest absolute Gasteiger partial charge is 0.355 e. The van der Waals surface area contributed by atoms with Crippen LogP contribution in [0.4, 0.5) is 5.82 Å². The number of esters is 4. The van der Waals surface area contributed by atoms with Gasteiger partial charge in [-0.25, -0.2) is 19.2 Å². The Morgan fingerprint density at radius 3 is 2.00 bits per heavy atom. The van der Waals surface area contributed by atoms with Crippen LogP contribution in [-0.2, 0) is 28.5 Å². The van der Waals surface area contributed by atoms with Crippen molar-refractivity contribution in [2.75, 3.05) is 46.4 Å². The summed E-state index contributed by atoms with van der Waals surface area (Å²) in [5.41, 5.74) is -0.386. The van der Waals surface area contributed by atoms with Crippen molar-refractivity contribution in [2.45, 2.75) is 12.8 Å². The molecule has 0 aromatic carbocycles. The molecule has 1 aromatic rings. The van der Waals surface area contributed by atoms with Crippen molar-refractivity contribution >= 4 is 35.4 Å². The largest absolute Gasteiger partial charge is 0.466 e. The molecular formula is C18H22N2O8. The maximum Gasteiger partial charge on any atom is 0.355 e. The average Bonchev–Trinajstić information content (AvgIpc) is 3.37. The van der Waals surface area contributed by atoms with Crippen LogP contribution in [0.3, 0.4) is 0 Å². The number of hydrogen-bond donors (Lipinski definition) is 0. The molecule has 2 heterocycles. The second-order valence-corrected chi connectivity index (χ2v) is 5.83. The summed E-state index contributed by atoms with van der Waals surface area (Å²) in [5.74, 6) is -2.98. The number of aromatic nitrogens is 1. The Hall–Kier alpha value is -3.30. The van der Waals surface area contributed by atoms with Gasteiger partial charge in [0, 0.05) is 19.3 Å². The topological polar surface area (TPSA) is 113 Å². The Morgan fingerprint density at radius 1 is 0.893 bits per heavy atom. The third-order valence-corrected chi connectivity index (χ3v) is 4.29. The number of nitrogens with zero attached hydrogens (tertiary/aromatic N) is 2. The van der Waals surface area contributed by atoms with E-state index in [4.69, 9.17) is 14.2 Å². The van der Waals surface area contributed by atoms with Gasteiger partial charge in [0.15, 0.2) is 0 Å². The van der Waals surface area contributed by atoms with Crippen molar-refractivity contribution in [3.8, 4) is 0 Å². The summed E-state index contributed by atoms with van der Waals surface area (Å²) >= 11 is 0. The standard InChI is InChI=1S/C18H22N2O8/c1-25-13(21)9-12(17(23)27-3)20-10-11(16(22)26-2)14(18(24)28-4)15(20)19-7-5-6-8-19/h9-10H,5-8H2,1-4H3/b12-9-. The highest BCUT2D eigenvalue weighted by atomic mass is 16.5. The molecular weight excluding hydrogens is 372 g/mol. The number of anilines is 1. The fourth-order valence-corrected chi connectivity index (χ4v) is 2.99. The Balaban J connectivity index is 2.83. The molecule has 0 N–H and O–H groups in total. The summed E-state index contributed by atoms with van der Waals surface area (Å²) in [5, 5.41) is 0. The highest BCUT2D eigenvalue weighted by molar-refractivity contribution is 6.17. The van der Waals surface area contributed by atoms with Crippen molar-refractivity contribution in [2.24, 2.45) is 0 Å². The molecule has 0 radical (unpaired) electrons. The normalized spacial score (nSPS) is 13.9. The van der Waals surface area contributed by atoms with Crippen LogP contribution in [0, 0.1) is 0 Å². The van der Waals surface area contributed by atoms with Crippen LogP contribution in [0.1, 0.15) is 33.6 Å². The summed E-state index contributed by atoms with van der Waals surface area (Å²) in [4.78, 5) is 50.8. The third kappa shape index (κ3) is 4.00. The molecule has 10 nitrogen and oxygen atoms in total. The molecule has 0 saturated carbocycles. The van der Waals surface area contributed by atoms with E-state index in [2.05, 4.69) is 4.74 Å². The fraction of sp³-hybridized carbons (Fsp3) is 0.444. The van der Waals surface area contributed by atoms with E-state index in [1.54, 1.807) is 0 Å². The summed E-state index contributed by atoms with van der Waals surface area (Å²) in [6.07, 6.45) is 3.88. The fourth-order valence-electron chi connectivity index (χ4n) is 2.99. The first kappa shape index (κ1) is 21.0. The number of hydrogen-bond acceptors (Lipinski definition) is 9. The molecule has 0 aliphatic carbocycles. The molecule has 0 spiro atoms. The molecule has 1 aliphatic heterocycles. The quantitative estimate of drug-likeness (QED) is 0.393. The van der Waals surface area contributed by atoms with Crippen molar-refractivity contribution in [1.82, 2.24) is 4.57 Å². The molecule has 1 aliphatic rings. The number of carbonyl (C=O) groups is 4. The monoisotopic (exact) mass is 394 g/mol. The highest BCUT2D eigenvalue weighted by Crippen LogP contribution is 2.33. The number of carbonyl (C=O) groups excluding carboxylic acids is 4. The first-order chi connectivity index (χ1) is 13.4. The predicted octanol–water partition coefficient (Wildman–Crippen LogP) is 0.848. The molecule has 0 amide bonds. The van der Waals surface area contributed by atoms with E-state index in [1.807, 2.05) is 4.90 Å². The van der Waals surface area contributed by atoms with Crippen molar-refractivity contribution in [1.29, 1.82) is 0 Å². The average molecular weight is 394 g/mol. The van der Waals surface area contributed by atoms with E-state index >= 15 is 0 Å². The van der Waals surface area contributed by atoms with Gasteiger partial charge in [0.25, 0.3) is 0 Å². The molecule has 1 aromatic heterocycles. The van der Waals surface area contributed by atoms with Gasteiger partial charge in [-0.05, 0) is 12.8 Å². The van der Waals surface area contributed by atoms with Gasteiger partial charge in [0.2, 0.25) is 0 Å². The summed E-state index contributed by atoms with van der Waals surface area (Å²) < 4.78 is 20.2. The van der Waals surface area contributed by atoms with Crippen molar-refractivity contribution in [3.05, 3.63) is 23.4 Å². The van der Waals surface area contributed by atoms with Gasteiger partial charge in [0.1, 0.15) is 17.1 Å². The Morgan fingerprint density at radius 2 is 1.50 bits per heavy atom. The summed E-state index contributed by atoms with van der Waals surface area (Å²) in [6.45, 7) is 1.17. The lowest BCUT2D eigenvalue weighted by molar-refractivity contribution is -0.137. The van der Waals surface area contributed by atoms with Gasteiger partial charge in [-0.3, -0.25) is 4.57 Å². The van der Waals surface area contributed by atoms with E-state index in [1.165, 1.54) is 25.0 Å². The van der Waals surface area contributed by atoms with Crippen LogP contribution in [0.5, 0.6) is 0 Å². The van der Waals surface area contributed by atoms with E-state index in [0.717, 1.165) is 33.1 Å².